The summed E-state index contributed by atoms with van der Waals surface area (Å²) in [5.74, 6) is 3.67. The zero-order valence-electron chi connectivity index (χ0n) is 11.3. The summed E-state index contributed by atoms with van der Waals surface area (Å²) in [4.78, 5) is 10.3. The minimum Gasteiger partial charge on any atom is -0.384 e. The van der Waals surface area contributed by atoms with Gasteiger partial charge in [-0.3, -0.25) is 0 Å². The van der Waals surface area contributed by atoms with Gasteiger partial charge in [0.15, 0.2) is 0 Å². The third kappa shape index (κ3) is 4.06. The Kier molecular flexibility index (Phi) is 5.88. The van der Waals surface area contributed by atoms with Gasteiger partial charge >= 0.3 is 0 Å². The monoisotopic (exact) mass is 297 g/mol. The number of rotatable bonds is 8. The fourth-order valence-corrected chi connectivity index (χ4v) is 3.17. The van der Waals surface area contributed by atoms with Crippen LogP contribution in [-0.4, -0.2) is 36.0 Å². The van der Waals surface area contributed by atoms with E-state index in [1.54, 1.807) is 30.2 Å². The third-order valence-electron chi connectivity index (χ3n) is 2.58. The summed E-state index contributed by atoms with van der Waals surface area (Å²) >= 11 is 3.47. The van der Waals surface area contributed by atoms with Crippen molar-refractivity contribution in [3.8, 4) is 0 Å². The molecule has 0 amide bonds. The fraction of sp³-hybridized carbons (Fsp3) is 0.538. The lowest BCUT2D eigenvalue weighted by Crippen LogP contribution is -2.05. The van der Waals surface area contributed by atoms with Gasteiger partial charge in [-0.15, -0.1) is 11.3 Å². The molecule has 6 heteroatoms. The lowest BCUT2D eigenvalue weighted by molar-refractivity contribution is 0.218. The molecule has 0 aromatic carbocycles. The Morgan fingerprint density at radius 3 is 3.11 bits per heavy atom. The quantitative estimate of drug-likeness (QED) is 0.757. The number of hydrogen-bond donors (Lipinski definition) is 1. The summed E-state index contributed by atoms with van der Waals surface area (Å²) in [7, 11) is 1.72. The van der Waals surface area contributed by atoms with E-state index in [-0.39, 0.29) is 0 Å². The van der Waals surface area contributed by atoms with Crippen LogP contribution in [0, 0.1) is 0 Å². The molecule has 1 N–H and O–H groups in total. The van der Waals surface area contributed by atoms with Gasteiger partial charge in [0.25, 0.3) is 0 Å². The first-order valence-corrected chi connectivity index (χ1v) is 8.43. The number of ether oxygens (including phenoxy) is 1. The Balaban J connectivity index is 2.10. The van der Waals surface area contributed by atoms with E-state index < -0.39 is 0 Å². The summed E-state index contributed by atoms with van der Waals surface area (Å²) in [5.41, 5.74) is 0. The van der Waals surface area contributed by atoms with E-state index >= 15 is 0 Å². The highest BCUT2D eigenvalue weighted by Crippen LogP contribution is 2.26. The normalized spacial score (nSPS) is 11.1. The molecule has 0 unspecified atom stereocenters. The summed E-state index contributed by atoms with van der Waals surface area (Å²) in [6, 6.07) is 2.08. The number of nitrogens with one attached hydrogen (secondary N) is 1. The molecule has 0 aliphatic rings. The lowest BCUT2D eigenvalue weighted by Gasteiger charge is -2.07. The van der Waals surface area contributed by atoms with Gasteiger partial charge in [0.2, 0.25) is 0 Å². The fourth-order valence-electron chi connectivity index (χ4n) is 1.65. The Morgan fingerprint density at radius 1 is 1.42 bits per heavy atom. The van der Waals surface area contributed by atoms with E-state index in [2.05, 4.69) is 33.7 Å². The largest absolute Gasteiger partial charge is 0.384 e. The van der Waals surface area contributed by atoms with Crippen LogP contribution in [-0.2, 0) is 10.5 Å². The van der Waals surface area contributed by atoms with E-state index in [4.69, 9.17) is 4.74 Å². The van der Waals surface area contributed by atoms with Crippen LogP contribution in [0.25, 0.3) is 10.2 Å². The Labute approximate surface area is 122 Å². The number of hydrogen-bond acceptors (Lipinski definition) is 6. The summed E-state index contributed by atoms with van der Waals surface area (Å²) < 4.78 is 5.04. The minimum absolute atomic E-state index is 0.771. The second-order valence-corrected chi connectivity index (χ2v) is 6.10. The van der Waals surface area contributed by atoms with E-state index in [1.807, 2.05) is 0 Å². The first-order chi connectivity index (χ1) is 9.35. The Hall–Kier alpha value is -0.850. The van der Waals surface area contributed by atoms with Crippen molar-refractivity contribution in [3.63, 3.8) is 0 Å². The predicted octanol–water partition coefficient (Wildman–Crippen LogP) is 3.39. The number of nitrogens with zero attached hydrogens (tertiary/aromatic N) is 2. The average molecular weight is 297 g/mol. The zero-order chi connectivity index (χ0) is 13.5. The summed E-state index contributed by atoms with van der Waals surface area (Å²) in [6.45, 7) is 3.87. The maximum atomic E-state index is 5.04. The predicted molar refractivity (Wildman–Crippen MR) is 84.2 cm³/mol. The molecule has 0 aliphatic heterocycles. The maximum absolute atomic E-state index is 5.04. The molecular weight excluding hydrogens is 278 g/mol. The third-order valence-corrected chi connectivity index (χ3v) is 4.30. The van der Waals surface area contributed by atoms with Gasteiger partial charge in [0, 0.05) is 19.4 Å². The molecule has 0 fully saturated rings. The standard InChI is InChI=1S/C13H19N3OS2/c1-3-5-14-12-10-4-7-19-13(10)16-11(15-12)9-18-8-6-17-2/h4,7H,3,5-6,8-9H2,1-2H3,(H,14,15,16). The van der Waals surface area contributed by atoms with Gasteiger partial charge in [0.1, 0.15) is 16.5 Å². The minimum atomic E-state index is 0.771. The SMILES string of the molecule is CCCNc1nc(CSCCOC)nc2sccc12. The molecule has 2 heterocycles. The second-order valence-electron chi connectivity index (χ2n) is 4.10. The highest BCUT2D eigenvalue weighted by atomic mass is 32.2. The molecule has 0 radical (unpaired) electrons. The van der Waals surface area contributed by atoms with Gasteiger partial charge in [0.05, 0.1) is 17.7 Å². The molecule has 4 nitrogen and oxygen atoms in total. The number of aromatic nitrogens is 2. The van der Waals surface area contributed by atoms with Crippen LogP contribution in [0.3, 0.4) is 0 Å². The molecule has 19 heavy (non-hydrogen) atoms. The number of methoxy groups -OCH3 is 1. The van der Waals surface area contributed by atoms with Crippen molar-refractivity contribution in [1.82, 2.24) is 9.97 Å². The van der Waals surface area contributed by atoms with E-state index in [0.29, 0.717) is 0 Å². The van der Waals surface area contributed by atoms with Crippen LogP contribution in [0.4, 0.5) is 5.82 Å². The first kappa shape index (κ1) is 14.6. The smallest absolute Gasteiger partial charge is 0.142 e. The lowest BCUT2D eigenvalue weighted by atomic mass is 10.3. The molecule has 0 aliphatic carbocycles. The van der Waals surface area contributed by atoms with Crippen LogP contribution in [0.5, 0.6) is 0 Å². The second kappa shape index (κ2) is 7.67. The molecule has 2 aromatic rings. The highest BCUT2D eigenvalue weighted by Gasteiger charge is 2.08. The van der Waals surface area contributed by atoms with Crippen LogP contribution in [0.15, 0.2) is 11.4 Å². The van der Waals surface area contributed by atoms with Crippen molar-refractivity contribution in [1.29, 1.82) is 0 Å². The van der Waals surface area contributed by atoms with Crippen LogP contribution in [0.1, 0.15) is 19.2 Å². The topological polar surface area (TPSA) is 47.0 Å². The van der Waals surface area contributed by atoms with Crippen molar-refractivity contribution in [2.45, 2.75) is 19.1 Å². The number of thioether (sulfide) groups is 1. The van der Waals surface area contributed by atoms with Crippen molar-refractivity contribution < 1.29 is 4.74 Å². The molecule has 0 spiro atoms. The summed E-state index contributed by atoms with van der Waals surface area (Å²) in [6.07, 6.45) is 1.09. The molecule has 0 bridgehead atoms. The van der Waals surface area contributed by atoms with E-state index in [0.717, 1.165) is 52.9 Å². The van der Waals surface area contributed by atoms with Crippen molar-refractivity contribution in [3.05, 3.63) is 17.3 Å². The van der Waals surface area contributed by atoms with Crippen molar-refractivity contribution >= 4 is 39.1 Å². The van der Waals surface area contributed by atoms with Gasteiger partial charge in [-0.25, -0.2) is 9.97 Å². The molecule has 0 saturated carbocycles. The molecular formula is C13H19N3OS2. The van der Waals surface area contributed by atoms with Crippen molar-refractivity contribution in [2.24, 2.45) is 0 Å². The van der Waals surface area contributed by atoms with E-state index in [9.17, 15) is 0 Å². The summed E-state index contributed by atoms with van der Waals surface area (Å²) in [5, 5.41) is 6.58. The molecule has 2 aromatic heterocycles. The van der Waals surface area contributed by atoms with E-state index in [1.165, 1.54) is 0 Å². The van der Waals surface area contributed by atoms with Gasteiger partial charge in [-0.2, -0.15) is 11.8 Å². The zero-order valence-corrected chi connectivity index (χ0v) is 12.9. The molecule has 2 rings (SSSR count). The van der Waals surface area contributed by atoms with Gasteiger partial charge < -0.3 is 10.1 Å². The number of anilines is 1. The maximum Gasteiger partial charge on any atom is 0.142 e. The van der Waals surface area contributed by atoms with Gasteiger partial charge in [-0.05, 0) is 17.9 Å². The van der Waals surface area contributed by atoms with Crippen LogP contribution < -0.4 is 5.32 Å². The number of fused-ring (bicyclic) bond motifs is 1. The Bertz CT molecular complexity index is 516. The van der Waals surface area contributed by atoms with Gasteiger partial charge in [-0.1, -0.05) is 6.92 Å². The molecule has 104 valence electrons. The average Bonchev–Trinajstić information content (AvgIpc) is 2.89. The molecule has 0 atom stereocenters. The number of thiophene rings is 1. The van der Waals surface area contributed by atoms with Crippen molar-refractivity contribution in [2.75, 3.05) is 31.3 Å². The highest BCUT2D eigenvalue weighted by molar-refractivity contribution is 7.98. The van der Waals surface area contributed by atoms with Crippen LogP contribution in [0.2, 0.25) is 0 Å². The molecule has 0 saturated heterocycles. The first-order valence-electron chi connectivity index (χ1n) is 6.39. The van der Waals surface area contributed by atoms with Crippen LogP contribution >= 0.6 is 23.1 Å². The Morgan fingerprint density at radius 2 is 2.32 bits per heavy atom.